The minimum atomic E-state index is -0.372. The SMILES string of the molecule is COc1ccc(SC)c(F)c1OCc1ccccc1. The molecule has 0 bridgehead atoms. The first-order chi connectivity index (χ1) is 9.26. The lowest BCUT2D eigenvalue weighted by Gasteiger charge is -2.13. The van der Waals surface area contributed by atoms with E-state index in [0.29, 0.717) is 17.3 Å². The zero-order chi connectivity index (χ0) is 13.7. The summed E-state index contributed by atoms with van der Waals surface area (Å²) >= 11 is 1.34. The third kappa shape index (κ3) is 3.20. The van der Waals surface area contributed by atoms with Gasteiger partial charge in [-0.3, -0.25) is 0 Å². The molecule has 0 N–H and O–H groups in total. The first-order valence-corrected chi connectivity index (χ1v) is 7.06. The van der Waals surface area contributed by atoms with Gasteiger partial charge >= 0.3 is 0 Å². The molecule has 100 valence electrons. The van der Waals surface area contributed by atoms with Gasteiger partial charge in [-0.1, -0.05) is 30.3 Å². The highest BCUT2D eigenvalue weighted by Gasteiger charge is 2.15. The summed E-state index contributed by atoms with van der Waals surface area (Å²) in [5, 5.41) is 0. The van der Waals surface area contributed by atoms with Crippen molar-refractivity contribution in [2.45, 2.75) is 11.5 Å². The Balaban J connectivity index is 2.23. The second-order valence-corrected chi connectivity index (χ2v) is 4.74. The quantitative estimate of drug-likeness (QED) is 0.766. The molecule has 0 amide bonds. The Morgan fingerprint density at radius 2 is 1.84 bits per heavy atom. The predicted octanol–water partition coefficient (Wildman–Crippen LogP) is 4.14. The summed E-state index contributed by atoms with van der Waals surface area (Å²) in [7, 11) is 1.50. The molecule has 0 unspecified atom stereocenters. The van der Waals surface area contributed by atoms with Gasteiger partial charge in [-0.15, -0.1) is 11.8 Å². The second-order valence-electron chi connectivity index (χ2n) is 3.89. The molecule has 0 radical (unpaired) electrons. The van der Waals surface area contributed by atoms with E-state index < -0.39 is 0 Å². The molecular weight excluding hydrogens is 263 g/mol. The van der Waals surface area contributed by atoms with E-state index in [1.807, 2.05) is 36.6 Å². The van der Waals surface area contributed by atoms with E-state index in [1.54, 1.807) is 12.1 Å². The molecular formula is C15H15FO2S. The average molecular weight is 278 g/mol. The molecule has 2 aromatic carbocycles. The van der Waals surface area contributed by atoms with Gasteiger partial charge in [0.15, 0.2) is 17.3 Å². The van der Waals surface area contributed by atoms with E-state index in [0.717, 1.165) is 5.56 Å². The van der Waals surface area contributed by atoms with Crippen LogP contribution in [0, 0.1) is 5.82 Å². The lowest BCUT2D eigenvalue weighted by Crippen LogP contribution is -2.00. The van der Waals surface area contributed by atoms with Crippen LogP contribution in [0.25, 0.3) is 0 Å². The van der Waals surface area contributed by atoms with Gasteiger partial charge in [0.05, 0.1) is 7.11 Å². The fourth-order valence-corrected chi connectivity index (χ4v) is 2.18. The average Bonchev–Trinajstić information content (AvgIpc) is 2.46. The van der Waals surface area contributed by atoms with Crippen LogP contribution in [-0.2, 0) is 6.61 Å². The van der Waals surface area contributed by atoms with E-state index in [-0.39, 0.29) is 11.6 Å². The molecule has 0 aliphatic heterocycles. The molecule has 19 heavy (non-hydrogen) atoms. The van der Waals surface area contributed by atoms with Crippen LogP contribution in [0.3, 0.4) is 0 Å². The van der Waals surface area contributed by atoms with Gasteiger partial charge in [-0.25, -0.2) is 4.39 Å². The smallest absolute Gasteiger partial charge is 0.198 e. The largest absolute Gasteiger partial charge is 0.493 e. The van der Waals surface area contributed by atoms with Crippen molar-refractivity contribution >= 4 is 11.8 Å². The molecule has 0 aliphatic rings. The maximum absolute atomic E-state index is 14.2. The molecule has 0 spiro atoms. The zero-order valence-electron chi connectivity index (χ0n) is 10.9. The Bertz CT molecular complexity index is 543. The second kappa shape index (κ2) is 6.48. The van der Waals surface area contributed by atoms with Crippen molar-refractivity contribution in [2.24, 2.45) is 0 Å². The number of benzene rings is 2. The summed E-state index contributed by atoms with van der Waals surface area (Å²) < 4.78 is 24.9. The van der Waals surface area contributed by atoms with E-state index in [4.69, 9.17) is 9.47 Å². The van der Waals surface area contributed by atoms with Gasteiger partial charge in [-0.2, -0.15) is 0 Å². The Kier molecular flexibility index (Phi) is 4.68. The first-order valence-electron chi connectivity index (χ1n) is 5.83. The molecule has 0 heterocycles. The predicted molar refractivity (Wildman–Crippen MR) is 75.5 cm³/mol. The number of ether oxygens (including phenoxy) is 2. The number of hydrogen-bond acceptors (Lipinski definition) is 3. The fourth-order valence-electron chi connectivity index (χ4n) is 1.70. The van der Waals surface area contributed by atoms with Crippen molar-refractivity contribution in [1.29, 1.82) is 0 Å². The summed E-state index contributed by atoms with van der Waals surface area (Å²) in [5.74, 6) is 0.201. The molecule has 2 nitrogen and oxygen atoms in total. The van der Waals surface area contributed by atoms with Crippen molar-refractivity contribution < 1.29 is 13.9 Å². The number of thioether (sulfide) groups is 1. The number of methoxy groups -OCH3 is 1. The first kappa shape index (κ1) is 13.7. The highest BCUT2D eigenvalue weighted by atomic mass is 32.2. The number of hydrogen-bond donors (Lipinski definition) is 0. The molecule has 4 heteroatoms. The van der Waals surface area contributed by atoms with E-state index in [2.05, 4.69) is 0 Å². The summed E-state index contributed by atoms with van der Waals surface area (Å²) in [6.45, 7) is 0.311. The van der Waals surface area contributed by atoms with Crippen molar-refractivity contribution in [2.75, 3.05) is 13.4 Å². The van der Waals surface area contributed by atoms with Gasteiger partial charge in [0, 0.05) is 4.90 Å². The Morgan fingerprint density at radius 3 is 2.47 bits per heavy atom. The van der Waals surface area contributed by atoms with Crippen LogP contribution < -0.4 is 9.47 Å². The minimum Gasteiger partial charge on any atom is -0.493 e. The minimum absolute atomic E-state index is 0.165. The van der Waals surface area contributed by atoms with Crippen LogP contribution in [0.1, 0.15) is 5.56 Å². The molecule has 0 atom stereocenters. The standard InChI is InChI=1S/C15H15FO2S/c1-17-12-8-9-13(19-2)14(16)15(12)18-10-11-6-4-3-5-7-11/h3-9H,10H2,1-2H3. The van der Waals surface area contributed by atoms with Crippen LogP contribution >= 0.6 is 11.8 Å². The lowest BCUT2D eigenvalue weighted by molar-refractivity contribution is 0.267. The fraction of sp³-hybridized carbons (Fsp3) is 0.200. The third-order valence-electron chi connectivity index (χ3n) is 2.69. The normalized spacial score (nSPS) is 10.3. The van der Waals surface area contributed by atoms with E-state index in [9.17, 15) is 4.39 Å². The zero-order valence-corrected chi connectivity index (χ0v) is 11.7. The van der Waals surface area contributed by atoms with Crippen LogP contribution in [0.5, 0.6) is 11.5 Å². The van der Waals surface area contributed by atoms with Crippen molar-refractivity contribution in [1.82, 2.24) is 0 Å². The van der Waals surface area contributed by atoms with Crippen LogP contribution in [0.2, 0.25) is 0 Å². The molecule has 2 aromatic rings. The Labute approximate surface area is 116 Å². The Hall–Kier alpha value is -1.68. The highest BCUT2D eigenvalue weighted by Crippen LogP contribution is 2.36. The summed E-state index contributed by atoms with van der Waals surface area (Å²) in [5.41, 5.74) is 0.985. The maximum Gasteiger partial charge on any atom is 0.198 e. The topological polar surface area (TPSA) is 18.5 Å². The van der Waals surface area contributed by atoms with Crippen LogP contribution in [0.15, 0.2) is 47.4 Å². The van der Waals surface area contributed by atoms with Gasteiger partial charge in [0.25, 0.3) is 0 Å². The molecule has 0 saturated heterocycles. The molecule has 0 aromatic heterocycles. The van der Waals surface area contributed by atoms with Gasteiger partial charge < -0.3 is 9.47 Å². The van der Waals surface area contributed by atoms with Crippen molar-refractivity contribution in [3.63, 3.8) is 0 Å². The van der Waals surface area contributed by atoms with E-state index in [1.165, 1.54) is 18.9 Å². The third-order valence-corrected chi connectivity index (χ3v) is 3.45. The summed E-state index contributed by atoms with van der Waals surface area (Å²) in [4.78, 5) is 0.545. The molecule has 0 saturated carbocycles. The summed E-state index contributed by atoms with van der Waals surface area (Å²) in [6.07, 6.45) is 1.83. The summed E-state index contributed by atoms with van der Waals surface area (Å²) in [6, 6.07) is 13.0. The molecule has 0 aliphatic carbocycles. The van der Waals surface area contributed by atoms with Crippen LogP contribution in [0.4, 0.5) is 4.39 Å². The number of halogens is 1. The number of rotatable bonds is 5. The monoisotopic (exact) mass is 278 g/mol. The molecule has 0 fully saturated rings. The Morgan fingerprint density at radius 1 is 1.11 bits per heavy atom. The van der Waals surface area contributed by atoms with Crippen molar-refractivity contribution in [3.05, 3.63) is 53.8 Å². The van der Waals surface area contributed by atoms with Crippen molar-refractivity contribution in [3.8, 4) is 11.5 Å². The highest BCUT2D eigenvalue weighted by molar-refractivity contribution is 7.98. The van der Waals surface area contributed by atoms with E-state index >= 15 is 0 Å². The molecule has 2 rings (SSSR count). The maximum atomic E-state index is 14.2. The van der Waals surface area contributed by atoms with Gasteiger partial charge in [0.2, 0.25) is 0 Å². The van der Waals surface area contributed by atoms with Crippen LogP contribution in [-0.4, -0.2) is 13.4 Å². The van der Waals surface area contributed by atoms with Gasteiger partial charge in [0.1, 0.15) is 6.61 Å². The lowest BCUT2D eigenvalue weighted by atomic mass is 10.2. The van der Waals surface area contributed by atoms with Gasteiger partial charge in [-0.05, 0) is 24.0 Å².